The molecule has 1 heterocycles. The van der Waals surface area contributed by atoms with Crippen molar-refractivity contribution in [1.82, 2.24) is 0 Å². The van der Waals surface area contributed by atoms with Gasteiger partial charge in [0, 0.05) is 0 Å². The van der Waals surface area contributed by atoms with E-state index < -0.39 is 5.97 Å². The van der Waals surface area contributed by atoms with Gasteiger partial charge in [0.25, 0.3) is 0 Å². The van der Waals surface area contributed by atoms with E-state index in [0.29, 0.717) is 4.21 Å². The number of anilines is 1. The largest absolute Gasteiger partial charge is 0.477 e. The SMILES string of the molecule is Nc1cc(S)sc1C(=O)O. The van der Waals surface area contributed by atoms with E-state index in [0.717, 1.165) is 11.3 Å². The van der Waals surface area contributed by atoms with Gasteiger partial charge < -0.3 is 10.8 Å². The van der Waals surface area contributed by atoms with Crippen molar-refractivity contribution in [3.63, 3.8) is 0 Å². The Bertz CT molecular complexity index is 269. The molecular weight excluding hydrogens is 170 g/mol. The lowest BCUT2D eigenvalue weighted by atomic mass is 10.4. The van der Waals surface area contributed by atoms with E-state index in [9.17, 15) is 4.79 Å². The summed E-state index contributed by atoms with van der Waals surface area (Å²) in [4.78, 5) is 10.5. The first kappa shape index (κ1) is 7.43. The number of hydrogen-bond donors (Lipinski definition) is 3. The number of rotatable bonds is 1. The third kappa shape index (κ3) is 1.25. The maximum Gasteiger partial charge on any atom is 0.348 e. The highest BCUT2D eigenvalue weighted by Crippen LogP contribution is 2.26. The average molecular weight is 175 g/mol. The molecule has 10 heavy (non-hydrogen) atoms. The summed E-state index contributed by atoms with van der Waals surface area (Å²) < 4.78 is 0.620. The van der Waals surface area contributed by atoms with E-state index in [1.165, 1.54) is 6.07 Å². The molecule has 0 amide bonds. The molecule has 0 fully saturated rings. The zero-order valence-corrected chi connectivity index (χ0v) is 6.58. The second kappa shape index (κ2) is 2.51. The summed E-state index contributed by atoms with van der Waals surface area (Å²) in [5.41, 5.74) is 5.60. The van der Waals surface area contributed by atoms with Crippen LogP contribution >= 0.6 is 24.0 Å². The highest BCUT2D eigenvalue weighted by Gasteiger charge is 2.10. The highest BCUT2D eigenvalue weighted by atomic mass is 32.2. The Kier molecular flexibility index (Phi) is 1.87. The predicted octanol–water partition coefficient (Wildman–Crippen LogP) is 1.32. The molecular formula is C5H5NO2S2. The van der Waals surface area contributed by atoms with Gasteiger partial charge in [-0.1, -0.05) is 0 Å². The Morgan fingerprint density at radius 1 is 1.80 bits per heavy atom. The summed E-state index contributed by atoms with van der Waals surface area (Å²) in [6.07, 6.45) is 0. The van der Waals surface area contributed by atoms with Crippen molar-refractivity contribution < 1.29 is 9.90 Å². The first-order valence-electron chi connectivity index (χ1n) is 2.43. The zero-order chi connectivity index (χ0) is 7.72. The quantitative estimate of drug-likeness (QED) is 0.564. The Morgan fingerprint density at radius 3 is 2.60 bits per heavy atom. The van der Waals surface area contributed by atoms with Gasteiger partial charge in [-0.2, -0.15) is 0 Å². The topological polar surface area (TPSA) is 63.3 Å². The molecule has 0 aliphatic rings. The van der Waals surface area contributed by atoms with Gasteiger partial charge in [0.05, 0.1) is 9.90 Å². The molecule has 0 saturated heterocycles. The molecule has 3 N–H and O–H groups in total. The third-order valence-corrected chi connectivity index (χ3v) is 2.29. The highest BCUT2D eigenvalue weighted by molar-refractivity contribution is 7.83. The van der Waals surface area contributed by atoms with Gasteiger partial charge in [0.1, 0.15) is 4.88 Å². The molecule has 5 heteroatoms. The minimum absolute atomic E-state index is 0.157. The third-order valence-electron chi connectivity index (χ3n) is 0.942. The summed E-state index contributed by atoms with van der Waals surface area (Å²) in [5.74, 6) is -0.997. The minimum atomic E-state index is -0.997. The summed E-state index contributed by atoms with van der Waals surface area (Å²) in [6.45, 7) is 0. The lowest BCUT2D eigenvalue weighted by Gasteiger charge is -1.86. The number of thiol groups is 1. The molecule has 0 atom stereocenters. The monoisotopic (exact) mass is 175 g/mol. The van der Waals surface area contributed by atoms with Crippen molar-refractivity contribution in [2.24, 2.45) is 0 Å². The van der Waals surface area contributed by atoms with Crippen LogP contribution in [-0.4, -0.2) is 11.1 Å². The van der Waals surface area contributed by atoms with Crippen LogP contribution in [0.5, 0.6) is 0 Å². The second-order valence-electron chi connectivity index (χ2n) is 1.67. The van der Waals surface area contributed by atoms with Gasteiger partial charge in [-0.25, -0.2) is 4.79 Å². The molecule has 54 valence electrons. The van der Waals surface area contributed by atoms with Crippen LogP contribution in [-0.2, 0) is 0 Å². The van der Waals surface area contributed by atoms with Crippen LogP contribution in [0.3, 0.4) is 0 Å². The van der Waals surface area contributed by atoms with E-state index in [-0.39, 0.29) is 10.6 Å². The number of nitrogens with two attached hydrogens (primary N) is 1. The van der Waals surface area contributed by atoms with E-state index in [1.54, 1.807) is 0 Å². The minimum Gasteiger partial charge on any atom is -0.477 e. The zero-order valence-electron chi connectivity index (χ0n) is 4.87. The molecule has 0 radical (unpaired) electrons. The number of carbonyl (C=O) groups is 1. The molecule has 3 nitrogen and oxygen atoms in total. The molecule has 0 bridgehead atoms. The molecule has 0 saturated carbocycles. The maximum absolute atomic E-state index is 10.3. The lowest BCUT2D eigenvalue weighted by Crippen LogP contribution is -1.96. The number of aromatic carboxylic acids is 1. The standard InChI is InChI=1S/C5H5NO2S2/c6-2-1-3(9)10-4(2)5(7)8/h1,9H,6H2,(H,7,8). The first-order valence-corrected chi connectivity index (χ1v) is 3.69. The summed E-state index contributed by atoms with van der Waals surface area (Å²) in [5, 5.41) is 8.48. The summed E-state index contributed by atoms with van der Waals surface area (Å²) >= 11 is 5.01. The van der Waals surface area contributed by atoms with Crippen LogP contribution in [0.2, 0.25) is 0 Å². The van der Waals surface area contributed by atoms with E-state index in [1.807, 2.05) is 0 Å². The number of carboxylic acids is 1. The fourth-order valence-corrected chi connectivity index (χ4v) is 1.63. The van der Waals surface area contributed by atoms with Crippen molar-refractivity contribution >= 4 is 35.6 Å². The van der Waals surface area contributed by atoms with Gasteiger partial charge in [-0.05, 0) is 6.07 Å². The molecule has 0 aromatic carbocycles. The van der Waals surface area contributed by atoms with Crippen molar-refractivity contribution in [3.8, 4) is 0 Å². The van der Waals surface area contributed by atoms with Crippen LogP contribution in [0.15, 0.2) is 10.3 Å². The second-order valence-corrected chi connectivity index (χ2v) is 3.51. The van der Waals surface area contributed by atoms with Crippen molar-refractivity contribution in [1.29, 1.82) is 0 Å². The van der Waals surface area contributed by atoms with E-state index in [2.05, 4.69) is 12.6 Å². The number of carboxylic acid groups (broad SMARTS) is 1. The van der Waals surface area contributed by atoms with Crippen molar-refractivity contribution in [2.75, 3.05) is 5.73 Å². The van der Waals surface area contributed by atoms with Crippen molar-refractivity contribution in [2.45, 2.75) is 4.21 Å². The van der Waals surface area contributed by atoms with Crippen LogP contribution in [0.4, 0.5) is 5.69 Å². The van der Waals surface area contributed by atoms with Crippen LogP contribution in [0.1, 0.15) is 9.67 Å². The molecule has 1 rings (SSSR count). The lowest BCUT2D eigenvalue weighted by molar-refractivity contribution is 0.0703. The Morgan fingerprint density at radius 2 is 2.40 bits per heavy atom. The Hall–Kier alpha value is -0.680. The van der Waals surface area contributed by atoms with Crippen molar-refractivity contribution in [3.05, 3.63) is 10.9 Å². The van der Waals surface area contributed by atoms with Gasteiger partial charge in [-0.3, -0.25) is 0 Å². The average Bonchev–Trinajstić information content (AvgIpc) is 2.10. The van der Waals surface area contributed by atoms with Crippen LogP contribution < -0.4 is 5.73 Å². The molecule has 0 spiro atoms. The van der Waals surface area contributed by atoms with Gasteiger partial charge >= 0.3 is 5.97 Å². The van der Waals surface area contributed by atoms with Crippen LogP contribution in [0.25, 0.3) is 0 Å². The molecule has 0 aliphatic heterocycles. The van der Waals surface area contributed by atoms with E-state index >= 15 is 0 Å². The summed E-state index contributed by atoms with van der Waals surface area (Å²) in [7, 11) is 0. The Labute approximate surface area is 66.9 Å². The van der Waals surface area contributed by atoms with Gasteiger partial charge in [0.2, 0.25) is 0 Å². The molecule has 0 unspecified atom stereocenters. The molecule has 0 aliphatic carbocycles. The molecule has 1 aromatic heterocycles. The predicted molar refractivity (Wildman–Crippen MR) is 42.9 cm³/mol. The smallest absolute Gasteiger partial charge is 0.348 e. The fraction of sp³-hybridized carbons (Fsp3) is 0. The maximum atomic E-state index is 10.3. The summed E-state index contributed by atoms with van der Waals surface area (Å²) in [6, 6.07) is 1.53. The van der Waals surface area contributed by atoms with Gasteiger partial charge in [0.15, 0.2) is 0 Å². The Balaban J connectivity index is 3.15. The normalized spacial score (nSPS) is 9.70. The number of nitrogen functional groups attached to an aromatic ring is 1. The fourth-order valence-electron chi connectivity index (χ4n) is 0.559. The van der Waals surface area contributed by atoms with E-state index in [4.69, 9.17) is 10.8 Å². The number of hydrogen-bond acceptors (Lipinski definition) is 4. The molecule has 1 aromatic rings. The number of thiophene rings is 1. The van der Waals surface area contributed by atoms with Crippen LogP contribution in [0, 0.1) is 0 Å². The van der Waals surface area contributed by atoms with Gasteiger partial charge in [-0.15, -0.1) is 24.0 Å². The first-order chi connectivity index (χ1) is 4.61.